The van der Waals surface area contributed by atoms with E-state index < -0.39 is 10.0 Å². The molecule has 156 valence electrons. The molecule has 0 aromatic heterocycles. The van der Waals surface area contributed by atoms with Gasteiger partial charge >= 0.3 is 0 Å². The van der Waals surface area contributed by atoms with Crippen LogP contribution in [0.2, 0.25) is 0 Å². The molecule has 1 aliphatic rings. The van der Waals surface area contributed by atoms with Gasteiger partial charge in [-0.3, -0.25) is 14.3 Å². The van der Waals surface area contributed by atoms with E-state index in [0.717, 1.165) is 38.7 Å². The van der Waals surface area contributed by atoms with E-state index in [4.69, 9.17) is 0 Å². The summed E-state index contributed by atoms with van der Waals surface area (Å²) in [6.07, 6.45) is 2.72. The maximum Gasteiger partial charge on any atom is 0.253 e. The zero-order chi connectivity index (χ0) is 20.9. The summed E-state index contributed by atoms with van der Waals surface area (Å²) in [5.41, 5.74) is 0.802. The SMILES string of the molecule is CC(=O)Nc1ccc(NS(C)(=O)=O)c(C(=O)NC2CCN(CC(C)C)CC2)c1. The van der Waals surface area contributed by atoms with Gasteiger partial charge in [-0.05, 0) is 37.0 Å². The smallest absolute Gasteiger partial charge is 0.253 e. The molecule has 28 heavy (non-hydrogen) atoms. The number of amides is 2. The minimum atomic E-state index is -3.55. The van der Waals surface area contributed by atoms with Gasteiger partial charge in [-0.2, -0.15) is 0 Å². The van der Waals surface area contributed by atoms with Crippen LogP contribution in [0.5, 0.6) is 0 Å². The molecule has 0 bridgehead atoms. The minimum Gasteiger partial charge on any atom is -0.349 e. The van der Waals surface area contributed by atoms with Crippen LogP contribution in [-0.4, -0.2) is 57.1 Å². The van der Waals surface area contributed by atoms with Crippen molar-refractivity contribution >= 4 is 33.2 Å². The lowest BCUT2D eigenvalue weighted by Crippen LogP contribution is -2.45. The number of anilines is 2. The topological polar surface area (TPSA) is 108 Å². The Morgan fingerprint density at radius 1 is 1.21 bits per heavy atom. The van der Waals surface area contributed by atoms with Gasteiger partial charge < -0.3 is 15.5 Å². The van der Waals surface area contributed by atoms with E-state index in [1.165, 1.54) is 19.1 Å². The number of nitrogens with one attached hydrogen (secondary N) is 3. The Morgan fingerprint density at radius 3 is 2.39 bits per heavy atom. The highest BCUT2D eigenvalue weighted by atomic mass is 32.2. The molecule has 0 saturated carbocycles. The summed E-state index contributed by atoms with van der Waals surface area (Å²) >= 11 is 0. The van der Waals surface area contributed by atoms with Gasteiger partial charge in [0, 0.05) is 38.3 Å². The Kier molecular flexibility index (Phi) is 7.42. The summed E-state index contributed by atoms with van der Waals surface area (Å²) < 4.78 is 25.6. The largest absolute Gasteiger partial charge is 0.349 e. The second-order valence-electron chi connectivity index (χ2n) is 7.76. The number of hydrogen-bond donors (Lipinski definition) is 3. The third-order valence-corrected chi connectivity index (χ3v) is 5.02. The maximum absolute atomic E-state index is 12.8. The molecule has 2 rings (SSSR count). The standard InChI is InChI=1S/C19H30N4O4S/c1-13(2)12-23-9-7-15(8-10-23)21-19(25)17-11-16(20-14(3)24)5-6-18(17)22-28(4,26)27/h5-6,11,13,15,22H,7-10,12H2,1-4H3,(H,20,24)(H,21,25). The van der Waals surface area contributed by atoms with Crippen molar-refractivity contribution in [3.8, 4) is 0 Å². The maximum atomic E-state index is 12.8. The number of likely N-dealkylation sites (tertiary alicyclic amines) is 1. The van der Waals surface area contributed by atoms with E-state index in [2.05, 4.69) is 34.1 Å². The number of carbonyl (C=O) groups excluding carboxylic acids is 2. The molecular formula is C19H30N4O4S. The van der Waals surface area contributed by atoms with E-state index >= 15 is 0 Å². The van der Waals surface area contributed by atoms with Gasteiger partial charge in [0.1, 0.15) is 0 Å². The third kappa shape index (κ3) is 7.12. The first-order valence-electron chi connectivity index (χ1n) is 9.46. The highest BCUT2D eigenvalue weighted by Crippen LogP contribution is 2.23. The predicted molar refractivity (Wildman–Crippen MR) is 111 cm³/mol. The molecule has 0 unspecified atom stereocenters. The summed E-state index contributed by atoms with van der Waals surface area (Å²) in [7, 11) is -3.55. The average Bonchev–Trinajstić information content (AvgIpc) is 2.55. The lowest BCUT2D eigenvalue weighted by atomic mass is 10.0. The lowest BCUT2D eigenvalue weighted by molar-refractivity contribution is -0.114. The van der Waals surface area contributed by atoms with Crippen molar-refractivity contribution in [2.45, 2.75) is 39.7 Å². The zero-order valence-electron chi connectivity index (χ0n) is 16.9. The van der Waals surface area contributed by atoms with Crippen molar-refractivity contribution in [3.05, 3.63) is 23.8 Å². The molecule has 1 aliphatic heterocycles. The zero-order valence-corrected chi connectivity index (χ0v) is 17.7. The van der Waals surface area contributed by atoms with Crippen LogP contribution in [0.4, 0.5) is 11.4 Å². The Hall–Kier alpha value is -2.13. The van der Waals surface area contributed by atoms with E-state index in [-0.39, 0.29) is 29.1 Å². The highest BCUT2D eigenvalue weighted by molar-refractivity contribution is 7.92. The highest BCUT2D eigenvalue weighted by Gasteiger charge is 2.23. The lowest BCUT2D eigenvalue weighted by Gasteiger charge is -2.33. The Balaban J connectivity index is 2.12. The summed E-state index contributed by atoms with van der Waals surface area (Å²) in [4.78, 5) is 26.5. The first-order chi connectivity index (χ1) is 13.0. The van der Waals surface area contributed by atoms with E-state index in [0.29, 0.717) is 11.6 Å². The molecule has 1 aromatic carbocycles. The summed E-state index contributed by atoms with van der Waals surface area (Å²) in [5.74, 6) is -0.0272. The number of hydrogen-bond acceptors (Lipinski definition) is 5. The molecule has 1 fully saturated rings. The molecule has 1 aromatic rings. The average molecular weight is 411 g/mol. The Bertz CT molecular complexity index is 815. The number of benzene rings is 1. The van der Waals surface area contributed by atoms with Gasteiger partial charge in [0.25, 0.3) is 5.91 Å². The van der Waals surface area contributed by atoms with Gasteiger partial charge in [-0.15, -0.1) is 0 Å². The van der Waals surface area contributed by atoms with Crippen LogP contribution in [0.3, 0.4) is 0 Å². The number of piperidine rings is 1. The molecule has 0 radical (unpaired) electrons. The molecule has 8 nitrogen and oxygen atoms in total. The molecule has 9 heteroatoms. The number of carbonyl (C=O) groups is 2. The molecule has 0 spiro atoms. The van der Waals surface area contributed by atoms with Crippen LogP contribution in [0, 0.1) is 5.92 Å². The first-order valence-corrected chi connectivity index (χ1v) is 11.4. The predicted octanol–water partition coefficient (Wildman–Crippen LogP) is 1.87. The van der Waals surface area contributed by atoms with Gasteiger partial charge in [-0.25, -0.2) is 8.42 Å². The second kappa shape index (κ2) is 9.38. The Morgan fingerprint density at radius 2 is 1.86 bits per heavy atom. The van der Waals surface area contributed by atoms with E-state index in [1.54, 1.807) is 6.07 Å². The van der Waals surface area contributed by atoms with Crippen LogP contribution in [0.1, 0.15) is 44.0 Å². The normalized spacial score (nSPS) is 16.0. The molecule has 1 heterocycles. The fourth-order valence-electron chi connectivity index (χ4n) is 3.34. The number of rotatable bonds is 7. The van der Waals surface area contributed by atoms with Crippen molar-refractivity contribution < 1.29 is 18.0 Å². The minimum absolute atomic E-state index is 0.0337. The van der Waals surface area contributed by atoms with Crippen molar-refractivity contribution in [2.24, 2.45) is 5.92 Å². The fraction of sp³-hybridized carbons (Fsp3) is 0.579. The van der Waals surface area contributed by atoms with Crippen LogP contribution < -0.4 is 15.4 Å². The van der Waals surface area contributed by atoms with Crippen molar-refractivity contribution in [2.75, 3.05) is 35.9 Å². The molecule has 0 atom stereocenters. The molecule has 2 amide bonds. The van der Waals surface area contributed by atoms with Crippen LogP contribution in [0.25, 0.3) is 0 Å². The van der Waals surface area contributed by atoms with Crippen molar-refractivity contribution in [1.82, 2.24) is 10.2 Å². The number of sulfonamides is 1. The van der Waals surface area contributed by atoms with Gasteiger partial charge in [-0.1, -0.05) is 13.8 Å². The summed E-state index contributed by atoms with van der Waals surface area (Å²) in [5, 5.41) is 5.62. The molecule has 0 aliphatic carbocycles. The fourth-order valence-corrected chi connectivity index (χ4v) is 3.92. The third-order valence-electron chi connectivity index (χ3n) is 4.43. The van der Waals surface area contributed by atoms with Crippen LogP contribution in [0.15, 0.2) is 18.2 Å². The molecule has 1 saturated heterocycles. The van der Waals surface area contributed by atoms with E-state index in [9.17, 15) is 18.0 Å². The van der Waals surface area contributed by atoms with Gasteiger partial charge in [0.05, 0.1) is 17.5 Å². The molecular weight excluding hydrogens is 380 g/mol. The van der Waals surface area contributed by atoms with Crippen LogP contribution >= 0.6 is 0 Å². The molecule has 3 N–H and O–H groups in total. The number of nitrogens with zero attached hydrogens (tertiary/aromatic N) is 1. The summed E-state index contributed by atoms with van der Waals surface area (Å²) in [6.45, 7) is 8.63. The monoisotopic (exact) mass is 410 g/mol. The second-order valence-corrected chi connectivity index (χ2v) is 9.51. The van der Waals surface area contributed by atoms with Crippen LogP contribution in [-0.2, 0) is 14.8 Å². The van der Waals surface area contributed by atoms with Crippen molar-refractivity contribution in [3.63, 3.8) is 0 Å². The quantitative estimate of drug-likeness (QED) is 0.636. The van der Waals surface area contributed by atoms with E-state index in [1.807, 2.05) is 0 Å². The summed E-state index contributed by atoms with van der Waals surface area (Å²) in [6, 6.07) is 4.55. The first kappa shape index (κ1) is 22.2. The van der Waals surface area contributed by atoms with Crippen molar-refractivity contribution in [1.29, 1.82) is 0 Å². The Labute approximate surface area is 167 Å². The van der Waals surface area contributed by atoms with Gasteiger partial charge in [0.2, 0.25) is 15.9 Å². The van der Waals surface area contributed by atoms with Gasteiger partial charge in [0.15, 0.2) is 0 Å².